The summed E-state index contributed by atoms with van der Waals surface area (Å²) in [5.74, 6) is 0.249. The van der Waals surface area contributed by atoms with Gasteiger partial charge in [-0.05, 0) is 42.7 Å². The van der Waals surface area contributed by atoms with Crippen molar-refractivity contribution in [2.24, 2.45) is 5.73 Å². The minimum absolute atomic E-state index is 0.0180. The predicted octanol–water partition coefficient (Wildman–Crippen LogP) is 1.71. The van der Waals surface area contributed by atoms with Crippen molar-refractivity contribution in [2.45, 2.75) is 17.7 Å². The van der Waals surface area contributed by atoms with Crippen LogP contribution >= 0.6 is 0 Å². The second-order valence-corrected chi connectivity index (χ2v) is 7.31. The minimum atomic E-state index is -3.76. The number of rotatable bonds is 9. The van der Waals surface area contributed by atoms with E-state index in [9.17, 15) is 13.2 Å². The lowest BCUT2D eigenvalue weighted by atomic mass is 10.1. The third-order valence-electron chi connectivity index (χ3n) is 3.85. The van der Waals surface area contributed by atoms with Gasteiger partial charge < -0.3 is 15.2 Å². The molecule has 0 saturated carbocycles. The molecule has 0 aliphatic heterocycles. The van der Waals surface area contributed by atoms with E-state index in [1.807, 2.05) is 24.3 Å². The molecule has 2 aromatic rings. The molecule has 0 saturated heterocycles. The molecule has 2 rings (SSSR count). The second kappa shape index (κ2) is 8.68. The number of carbonyl (C=O) groups excluding carboxylic acids is 1. The van der Waals surface area contributed by atoms with Crippen LogP contribution in [0, 0.1) is 0 Å². The van der Waals surface area contributed by atoms with E-state index in [-0.39, 0.29) is 22.8 Å². The molecule has 1 amide bonds. The Morgan fingerprint density at radius 3 is 2.42 bits per heavy atom. The number of benzene rings is 2. The number of sulfonamides is 1. The van der Waals surface area contributed by atoms with E-state index in [1.54, 1.807) is 7.11 Å². The van der Waals surface area contributed by atoms with Crippen molar-refractivity contribution in [3.63, 3.8) is 0 Å². The van der Waals surface area contributed by atoms with Gasteiger partial charge in [0.05, 0.1) is 24.7 Å². The summed E-state index contributed by atoms with van der Waals surface area (Å²) in [5.41, 5.74) is 6.30. The van der Waals surface area contributed by atoms with Crippen molar-refractivity contribution < 1.29 is 22.7 Å². The Morgan fingerprint density at radius 1 is 1.08 bits per heavy atom. The Labute approximate surface area is 153 Å². The average Bonchev–Trinajstić information content (AvgIpc) is 2.64. The highest BCUT2D eigenvalue weighted by Gasteiger charge is 2.18. The maximum absolute atomic E-state index is 12.4. The normalized spacial score (nSPS) is 11.2. The highest BCUT2D eigenvalue weighted by atomic mass is 32.2. The Bertz CT molecular complexity index is 881. The van der Waals surface area contributed by atoms with Crippen molar-refractivity contribution in [3.8, 4) is 11.5 Å². The van der Waals surface area contributed by atoms with Gasteiger partial charge in [-0.15, -0.1) is 0 Å². The van der Waals surface area contributed by atoms with E-state index in [4.69, 9.17) is 15.2 Å². The summed E-state index contributed by atoms with van der Waals surface area (Å²) in [6.45, 7) is 0.248. The molecule has 0 aliphatic carbocycles. The first-order valence-electron chi connectivity index (χ1n) is 7.98. The summed E-state index contributed by atoms with van der Waals surface area (Å²) < 4.78 is 37.6. The van der Waals surface area contributed by atoms with Crippen molar-refractivity contribution in [2.75, 3.05) is 20.8 Å². The Kier molecular flexibility index (Phi) is 6.59. The van der Waals surface area contributed by atoms with Gasteiger partial charge in [-0.25, -0.2) is 13.1 Å². The zero-order valence-corrected chi connectivity index (χ0v) is 15.5. The van der Waals surface area contributed by atoms with Crippen molar-refractivity contribution in [1.29, 1.82) is 0 Å². The predicted molar refractivity (Wildman–Crippen MR) is 98.0 cm³/mol. The number of nitrogens with one attached hydrogen (secondary N) is 1. The molecule has 0 fully saturated rings. The molecule has 140 valence electrons. The lowest BCUT2D eigenvalue weighted by Crippen LogP contribution is -2.25. The fourth-order valence-electron chi connectivity index (χ4n) is 2.53. The van der Waals surface area contributed by atoms with E-state index >= 15 is 0 Å². The first-order chi connectivity index (χ1) is 12.4. The van der Waals surface area contributed by atoms with Gasteiger partial charge >= 0.3 is 0 Å². The number of hydrogen-bond acceptors (Lipinski definition) is 5. The molecule has 0 aliphatic rings. The molecule has 0 spiro atoms. The Hall–Kier alpha value is -2.58. The molecule has 0 bridgehead atoms. The van der Waals surface area contributed by atoms with Crippen molar-refractivity contribution >= 4 is 15.9 Å². The lowest BCUT2D eigenvalue weighted by Gasteiger charge is -2.11. The maximum atomic E-state index is 12.4. The number of methoxy groups -OCH3 is 2. The first kappa shape index (κ1) is 19.7. The molecule has 2 aromatic carbocycles. The van der Waals surface area contributed by atoms with Gasteiger partial charge in [-0.2, -0.15) is 0 Å². The van der Waals surface area contributed by atoms with Gasteiger partial charge in [0, 0.05) is 6.54 Å². The van der Waals surface area contributed by atoms with Crippen LogP contribution in [0.1, 0.15) is 22.3 Å². The van der Waals surface area contributed by atoms with Crippen LogP contribution in [0.3, 0.4) is 0 Å². The summed E-state index contributed by atoms with van der Waals surface area (Å²) in [6, 6.07) is 11.6. The lowest BCUT2D eigenvalue weighted by molar-refractivity contribution is 0.0997. The van der Waals surface area contributed by atoms with E-state index in [2.05, 4.69) is 4.72 Å². The van der Waals surface area contributed by atoms with Gasteiger partial charge in [-0.1, -0.05) is 18.2 Å². The molecule has 3 N–H and O–H groups in total. The van der Waals surface area contributed by atoms with Gasteiger partial charge in [0.15, 0.2) is 0 Å². The largest absolute Gasteiger partial charge is 0.496 e. The second-order valence-electron chi connectivity index (χ2n) is 5.54. The summed E-state index contributed by atoms with van der Waals surface area (Å²) in [7, 11) is -0.776. The topological polar surface area (TPSA) is 108 Å². The van der Waals surface area contributed by atoms with E-state index < -0.39 is 15.9 Å². The molecular weight excluding hydrogens is 356 g/mol. The number of amides is 1. The van der Waals surface area contributed by atoms with E-state index in [0.29, 0.717) is 12.8 Å². The summed E-state index contributed by atoms with van der Waals surface area (Å²) >= 11 is 0. The number of carbonyl (C=O) groups is 1. The molecule has 8 heteroatoms. The average molecular weight is 378 g/mol. The first-order valence-corrected chi connectivity index (χ1v) is 9.46. The number of ether oxygens (including phenoxy) is 2. The van der Waals surface area contributed by atoms with Crippen LogP contribution in [0.25, 0.3) is 0 Å². The summed E-state index contributed by atoms with van der Waals surface area (Å²) in [5, 5.41) is 0. The van der Waals surface area contributed by atoms with Crippen LogP contribution in [-0.4, -0.2) is 35.1 Å². The summed E-state index contributed by atoms with van der Waals surface area (Å²) in [4.78, 5) is 11.4. The van der Waals surface area contributed by atoms with Crippen molar-refractivity contribution in [3.05, 3.63) is 53.6 Å². The van der Waals surface area contributed by atoms with Crippen LogP contribution < -0.4 is 19.9 Å². The zero-order chi connectivity index (χ0) is 19.2. The van der Waals surface area contributed by atoms with Crippen LogP contribution in [0.15, 0.2) is 47.4 Å². The van der Waals surface area contributed by atoms with Gasteiger partial charge in [-0.3, -0.25) is 4.79 Å². The molecule has 0 atom stereocenters. The van der Waals surface area contributed by atoms with Crippen LogP contribution in [-0.2, 0) is 16.4 Å². The molecule has 0 heterocycles. The van der Waals surface area contributed by atoms with Gasteiger partial charge in [0.1, 0.15) is 11.5 Å². The molecule has 0 unspecified atom stereocenters. The van der Waals surface area contributed by atoms with Crippen LogP contribution in [0.5, 0.6) is 11.5 Å². The van der Waals surface area contributed by atoms with Gasteiger partial charge in [0.25, 0.3) is 5.91 Å². The monoisotopic (exact) mass is 378 g/mol. The third-order valence-corrected chi connectivity index (χ3v) is 5.31. The number of hydrogen-bond donors (Lipinski definition) is 2. The number of aryl methyl sites for hydroxylation is 1. The van der Waals surface area contributed by atoms with Crippen LogP contribution in [0.2, 0.25) is 0 Å². The van der Waals surface area contributed by atoms with E-state index in [1.165, 1.54) is 25.3 Å². The minimum Gasteiger partial charge on any atom is -0.496 e. The number of para-hydroxylation sites is 1. The molecular formula is C18H22N2O5S. The zero-order valence-electron chi connectivity index (χ0n) is 14.7. The van der Waals surface area contributed by atoms with Crippen molar-refractivity contribution in [1.82, 2.24) is 4.72 Å². The van der Waals surface area contributed by atoms with Gasteiger partial charge in [0.2, 0.25) is 10.0 Å². The molecule has 0 radical (unpaired) electrons. The summed E-state index contributed by atoms with van der Waals surface area (Å²) in [6.07, 6.45) is 1.26. The SMILES string of the molecule is COc1ccccc1CCCNS(=O)(=O)c1ccc(OC)c(C(N)=O)c1. The quantitative estimate of drug-likeness (QED) is 0.646. The maximum Gasteiger partial charge on any atom is 0.252 e. The standard InChI is InChI=1S/C18H22N2O5S/c1-24-16-8-4-3-6-13(16)7-5-11-20-26(22,23)14-9-10-17(25-2)15(12-14)18(19)21/h3-4,6,8-10,12,20H,5,7,11H2,1-2H3,(H2,19,21). The van der Waals surface area contributed by atoms with E-state index in [0.717, 1.165) is 11.3 Å². The Morgan fingerprint density at radius 2 is 1.77 bits per heavy atom. The smallest absolute Gasteiger partial charge is 0.252 e. The van der Waals surface area contributed by atoms with Crippen LogP contribution in [0.4, 0.5) is 0 Å². The molecule has 26 heavy (non-hydrogen) atoms. The third kappa shape index (κ3) is 4.74. The number of primary amides is 1. The molecule has 7 nitrogen and oxygen atoms in total. The number of nitrogens with two attached hydrogens (primary N) is 1. The Balaban J connectivity index is 2.03. The fraction of sp³-hybridized carbons (Fsp3) is 0.278. The highest BCUT2D eigenvalue weighted by Crippen LogP contribution is 2.22. The highest BCUT2D eigenvalue weighted by molar-refractivity contribution is 7.89. The molecule has 0 aromatic heterocycles. The fourth-order valence-corrected chi connectivity index (χ4v) is 3.62.